The zero-order chi connectivity index (χ0) is 10.7. The van der Waals surface area contributed by atoms with Crippen molar-refractivity contribution < 1.29 is 4.74 Å². The fourth-order valence-electron chi connectivity index (χ4n) is 1.03. The van der Waals surface area contributed by atoms with Crippen LogP contribution < -0.4 is 10.5 Å². The summed E-state index contributed by atoms with van der Waals surface area (Å²) in [7, 11) is 0. The Kier molecular flexibility index (Phi) is 3.00. The summed E-state index contributed by atoms with van der Waals surface area (Å²) >= 11 is 2.23. The molecule has 0 radical (unpaired) electrons. The zero-order valence-electron chi connectivity index (χ0n) is 7.72. The van der Waals surface area contributed by atoms with Crippen LogP contribution in [0.4, 0.5) is 5.82 Å². The quantitative estimate of drug-likeness (QED) is 0.865. The lowest BCUT2D eigenvalue weighted by Gasteiger charge is -2.05. The molecule has 1 aromatic carbocycles. The van der Waals surface area contributed by atoms with E-state index < -0.39 is 0 Å². The number of aromatic nitrogens is 2. The van der Waals surface area contributed by atoms with E-state index in [9.17, 15) is 0 Å². The summed E-state index contributed by atoms with van der Waals surface area (Å²) in [4.78, 5) is 7.87. The van der Waals surface area contributed by atoms with Crippen LogP contribution in [0.2, 0.25) is 0 Å². The molecule has 0 aliphatic rings. The van der Waals surface area contributed by atoms with Crippen LogP contribution in [0.1, 0.15) is 0 Å². The molecule has 0 amide bonds. The third-order valence-corrected chi connectivity index (χ3v) is 2.44. The minimum atomic E-state index is 0.288. The molecule has 0 saturated carbocycles. The van der Waals surface area contributed by atoms with Gasteiger partial charge in [0.2, 0.25) is 0 Å². The Morgan fingerprint density at radius 3 is 2.40 bits per heavy atom. The van der Waals surface area contributed by atoms with Crippen LogP contribution in [0.3, 0.4) is 0 Å². The lowest BCUT2D eigenvalue weighted by atomic mass is 10.3. The summed E-state index contributed by atoms with van der Waals surface area (Å²) in [5.41, 5.74) is 5.60. The highest BCUT2D eigenvalue weighted by Gasteiger charge is 2.03. The predicted molar refractivity (Wildman–Crippen MR) is 65.7 cm³/mol. The van der Waals surface area contributed by atoms with E-state index in [0.717, 1.165) is 3.57 Å². The average molecular weight is 313 g/mol. The number of nitrogens with two attached hydrogens (primary N) is 1. The van der Waals surface area contributed by atoms with Gasteiger partial charge in [0, 0.05) is 16.0 Å². The maximum absolute atomic E-state index is 5.60. The minimum absolute atomic E-state index is 0.288. The van der Waals surface area contributed by atoms with Crippen molar-refractivity contribution in [1.82, 2.24) is 9.97 Å². The number of anilines is 1. The summed E-state index contributed by atoms with van der Waals surface area (Å²) in [6.45, 7) is 0. The van der Waals surface area contributed by atoms with Gasteiger partial charge in [-0.15, -0.1) is 0 Å². The van der Waals surface area contributed by atoms with Gasteiger partial charge in [-0.1, -0.05) is 0 Å². The summed E-state index contributed by atoms with van der Waals surface area (Å²) in [5, 5.41) is 0. The van der Waals surface area contributed by atoms with E-state index in [1.165, 1.54) is 6.20 Å². The normalized spacial score (nSPS) is 9.93. The van der Waals surface area contributed by atoms with E-state index in [1.54, 1.807) is 6.20 Å². The van der Waals surface area contributed by atoms with Gasteiger partial charge in [0.25, 0.3) is 5.88 Å². The van der Waals surface area contributed by atoms with E-state index in [0.29, 0.717) is 11.6 Å². The molecule has 0 bridgehead atoms. The molecule has 0 aliphatic heterocycles. The molecular formula is C10H8IN3O. The molecular weight excluding hydrogens is 305 g/mol. The highest BCUT2D eigenvalue weighted by Crippen LogP contribution is 2.23. The smallest absolute Gasteiger partial charge is 0.262 e. The molecule has 0 saturated heterocycles. The fraction of sp³-hybridized carbons (Fsp3) is 0. The molecule has 0 fully saturated rings. The third kappa shape index (κ3) is 2.56. The molecule has 15 heavy (non-hydrogen) atoms. The zero-order valence-corrected chi connectivity index (χ0v) is 9.88. The fourth-order valence-corrected chi connectivity index (χ4v) is 1.39. The Hall–Kier alpha value is -1.37. The molecule has 76 valence electrons. The van der Waals surface area contributed by atoms with Crippen LogP contribution in [-0.2, 0) is 0 Å². The van der Waals surface area contributed by atoms with Crippen molar-refractivity contribution in [1.29, 1.82) is 0 Å². The van der Waals surface area contributed by atoms with Gasteiger partial charge in [-0.25, -0.2) is 9.97 Å². The maximum Gasteiger partial charge on any atom is 0.262 e. The van der Waals surface area contributed by atoms with Crippen molar-refractivity contribution in [2.45, 2.75) is 0 Å². The molecule has 2 rings (SSSR count). The predicted octanol–water partition coefficient (Wildman–Crippen LogP) is 2.46. The average Bonchev–Trinajstić information content (AvgIpc) is 2.25. The molecule has 1 heterocycles. The van der Waals surface area contributed by atoms with Crippen molar-refractivity contribution in [2.75, 3.05) is 5.73 Å². The van der Waals surface area contributed by atoms with Gasteiger partial charge in [-0.05, 0) is 46.9 Å². The Morgan fingerprint density at radius 1 is 1.07 bits per heavy atom. The molecule has 2 aromatic rings. The molecule has 5 heteroatoms. The van der Waals surface area contributed by atoms with E-state index in [1.807, 2.05) is 24.3 Å². The number of benzene rings is 1. The minimum Gasteiger partial charge on any atom is -0.436 e. The summed E-state index contributed by atoms with van der Waals surface area (Å²) in [6, 6.07) is 7.61. The van der Waals surface area contributed by atoms with Crippen molar-refractivity contribution in [3.05, 3.63) is 40.2 Å². The van der Waals surface area contributed by atoms with E-state index in [2.05, 4.69) is 32.6 Å². The number of hydrogen-bond acceptors (Lipinski definition) is 4. The Labute approximate surface area is 101 Å². The monoisotopic (exact) mass is 313 g/mol. The van der Waals surface area contributed by atoms with Crippen molar-refractivity contribution >= 4 is 28.4 Å². The SMILES string of the molecule is Nc1nccnc1Oc1ccc(I)cc1. The van der Waals surface area contributed by atoms with Gasteiger partial charge in [0.15, 0.2) is 5.82 Å². The van der Waals surface area contributed by atoms with Crippen molar-refractivity contribution in [2.24, 2.45) is 0 Å². The Morgan fingerprint density at radius 2 is 1.73 bits per heavy atom. The number of hydrogen-bond donors (Lipinski definition) is 1. The third-order valence-electron chi connectivity index (χ3n) is 1.72. The molecule has 0 spiro atoms. The second kappa shape index (κ2) is 4.43. The highest BCUT2D eigenvalue weighted by molar-refractivity contribution is 14.1. The molecule has 0 unspecified atom stereocenters. The highest BCUT2D eigenvalue weighted by atomic mass is 127. The molecule has 1 aromatic heterocycles. The Balaban J connectivity index is 2.22. The lowest BCUT2D eigenvalue weighted by molar-refractivity contribution is 0.463. The summed E-state index contributed by atoms with van der Waals surface area (Å²) < 4.78 is 6.61. The maximum atomic E-state index is 5.60. The van der Waals surface area contributed by atoms with E-state index in [-0.39, 0.29) is 5.82 Å². The van der Waals surface area contributed by atoms with Gasteiger partial charge in [0.1, 0.15) is 5.75 Å². The van der Waals surface area contributed by atoms with Gasteiger partial charge in [-0.2, -0.15) is 0 Å². The second-order valence-corrected chi connectivity index (χ2v) is 4.05. The first-order valence-electron chi connectivity index (χ1n) is 4.25. The van der Waals surface area contributed by atoms with Crippen LogP contribution in [0, 0.1) is 3.57 Å². The first-order valence-corrected chi connectivity index (χ1v) is 5.33. The van der Waals surface area contributed by atoms with Crippen molar-refractivity contribution in [3.8, 4) is 11.6 Å². The molecule has 2 N–H and O–H groups in total. The second-order valence-electron chi connectivity index (χ2n) is 2.80. The van der Waals surface area contributed by atoms with Crippen LogP contribution >= 0.6 is 22.6 Å². The number of halogens is 1. The molecule has 4 nitrogen and oxygen atoms in total. The van der Waals surface area contributed by atoms with Crippen molar-refractivity contribution in [3.63, 3.8) is 0 Å². The summed E-state index contributed by atoms with van der Waals surface area (Å²) in [5.74, 6) is 1.32. The van der Waals surface area contributed by atoms with Crippen LogP contribution in [-0.4, -0.2) is 9.97 Å². The van der Waals surface area contributed by atoms with Crippen LogP contribution in [0.5, 0.6) is 11.6 Å². The van der Waals surface area contributed by atoms with Crippen LogP contribution in [0.15, 0.2) is 36.7 Å². The van der Waals surface area contributed by atoms with E-state index in [4.69, 9.17) is 10.5 Å². The first-order chi connectivity index (χ1) is 7.25. The van der Waals surface area contributed by atoms with Gasteiger partial charge in [0.05, 0.1) is 0 Å². The number of rotatable bonds is 2. The Bertz CT molecular complexity index is 458. The van der Waals surface area contributed by atoms with Gasteiger partial charge < -0.3 is 10.5 Å². The van der Waals surface area contributed by atoms with E-state index >= 15 is 0 Å². The number of nitrogens with zero attached hydrogens (tertiary/aromatic N) is 2. The topological polar surface area (TPSA) is 61.0 Å². The largest absolute Gasteiger partial charge is 0.436 e. The first kappa shape index (κ1) is 10.2. The van der Waals surface area contributed by atoms with Gasteiger partial charge in [-0.3, -0.25) is 0 Å². The summed E-state index contributed by atoms with van der Waals surface area (Å²) in [6.07, 6.45) is 3.06. The lowest BCUT2D eigenvalue weighted by Crippen LogP contribution is -1.96. The van der Waals surface area contributed by atoms with Crippen LogP contribution in [0.25, 0.3) is 0 Å². The molecule has 0 atom stereocenters. The number of nitrogen functional groups attached to an aromatic ring is 1. The standard InChI is InChI=1S/C10H8IN3O/c11-7-1-3-8(4-2-7)15-10-9(12)13-5-6-14-10/h1-6H,(H2,12,13). The van der Waals surface area contributed by atoms with Gasteiger partial charge >= 0.3 is 0 Å². The molecule has 0 aliphatic carbocycles. The number of ether oxygens (including phenoxy) is 1.